The van der Waals surface area contributed by atoms with E-state index in [9.17, 15) is 4.79 Å². The molecule has 0 aliphatic heterocycles. The molecule has 118 valence electrons. The highest BCUT2D eigenvalue weighted by Gasteiger charge is 2.42. The summed E-state index contributed by atoms with van der Waals surface area (Å²) in [4.78, 5) is 15.0. The monoisotopic (exact) mass is 281 g/mol. The van der Waals surface area contributed by atoms with Gasteiger partial charge >= 0.3 is 0 Å². The van der Waals surface area contributed by atoms with Crippen LogP contribution in [0.3, 0.4) is 0 Å². The van der Waals surface area contributed by atoms with Gasteiger partial charge < -0.3 is 0 Å². The minimum Gasteiger partial charge on any atom is -0.298 e. The highest BCUT2D eigenvalue weighted by molar-refractivity contribution is 5.88. The van der Waals surface area contributed by atoms with E-state index in [-0.39, 0.29) is 5.54 Å². The van der Waals surface area contributed by atoms with E-state index in [0.29, 0.717) is 11.7 Å². The second-order valence-corrected chi connectivity index (χ2v) is 7.07. The minimum atomic E-state index is -0.152. The third-order valence-corrected chi connectivity index (χ3v) is 5.11. The van der Waals surface area contributed by atoms with Crippen molar-refractivity contribution in [2.45, 2.75) is 90.0 Å². The molecule has 0 N–H and O–H groups in total. The van der Waals surface area contributed by atoms with E-state index in [1.54, 1.807) is 0 Å². The molecular formula is C18H35NO. The van der Waals surface area contributed by atoms with Crippen molar-refractivity contribution in [3.63, 3.8) is 0 Å². The fourth-order valence-electron chi connectivity index (χ4n) is 3.73. The molecule has 0 amide bonds. The SMILES string of the molecule is CCCCCCCCC(=O)C1(N(C)C)CCCC(C)C1. The fourth-order valence-corrected chi connectivity index (χ4v) is 3.73. The van der Waals surface area contributed by atoms with Gasteiger partial charge in [0.05, 0.1) is 5.54 Å². The second kappa shape index (κ2) is 8.81. The molecule has 0 spiro atoms. The van der Waals surface area contributed by atoms with Gasteiger partial charge in [0.2, 0.25) is 0 Å². The van der Waals surface area contributed by atoms with Crippen LogP contribution in [0.1, 0.15) is 84.5 Å². The smallest absolute Gasteiger partial charge is 0.153 e. The summed E-state index contributed by atoms with van der Waals surface area (Å²) in [5, 5.41) is 0. The van der Waals surface area contributed by atoms with Gasteiger partial charge in [-0.2, -0.15) is 0 Å². The summed E-state index contributed by atoms with van der Waals surface area (Å²) in [5.74, 6) is 1.20. The van der Waals surface area contributed by atoms with E-state index in [0.717, 1.165) is 25.7 Å². The molecule has 2 nitrogen and oxygen atoms in total. The number of likely N-dealkylation sites (N-methyl/N-ethyl adjacent to an activating group) is 1. The number of hydrogen-bond donors (Lipinski definition) is 0. The van der Waals surface area contributed by atoms with Gasteiger partial charge in [0.1, 0.15) is 0 Å². The zero-order valence-electron chi connectivity index (χ0n) is 14.2. The van der Waals surface area contributed by atoms with Crippen LogP contribution < -0.4 is 0 Å². The minimum absolute atomic E-state index is 0.152. The standard InChI is InChI=1S/C18H35NO/c1-5-6-7-8-9-10-13-17(20)18(19(3)4)14-11-12-16(2)15-18/h16H,5-15H2,1-4H3. The molecule has 0 heterocycles. The molecule has 0 aromatic rings. The third kappa shape index (κ3) is 4.87. The van der Waals surface area contributed by atoms with Crippen molar-refractivity contribution < 1.29 is 4.79 Å². The molecule has 1 aliphatic rings. The summed E-state index contributed by atoms with van der Waals surface area (Å²) in [6, 6.07) is 0. The Labute approximate surface area is 126 Å². The van der Waals surface area contributed by atoms with Crippen molar-refractivity contribution in [2.24, 2.45) is 5.92 Å². The van der Waals surface area contributed by atoms with E-state index >= 15 is 0 Å². The quantitative estimate of drug-likeness (QED) is 0.565. The number of ketones is 1. The van der Waals surface area contributed by atoms with Crippen molar-refractivity contribution in [1.29, 1.82) is 0 Å². The summed E-state index contributed by atoms with van der Waals surface area (Å²) >= 11 is 0. The lowest BCUT2D eigenvalue weighted by Crippen LogP contribution is -2.53. The van der Waals surface area contributed by atoms with Gasteiger partial charge in [0, 0.05) is 6.42 Å². The zero-order valence-corrected chi connectivity index (χ0v) is 14.2. The lowest BCUT2D eigenvalue weighted by Gasteiger charge is -2.44. The summed E-state index contributed by atoms with van der Waals surface area (Å²) < 4.78 is 0. The first-order chi connectivity index (χ1) is 9.53. The van der Waals surface area contributed by atoms with Crippen LogP contribution in [-0.2, 0) is 4.79 Å². The maximum Gasteiger partial charge on any atom is 0.153 e. The van der Waals surface area contributed by atoms with E-state index < -0.39 is 0 Å². The van der Waals surface area contributed by atoms with Gasteiger partial charge in [-0.05, 0) is 39.3 Å². The van der Waals surface area contributed by atoms with Gasteiger partial charge in [0.15, 0.2) is 5.78 Å². The largest absolute Gasteiger partial charge is 0.298 e. The average Bonchev–Trinajstić information content (AvgIpc) is 2.42. The number of carbonyl (C=O) groups is 1. The van der Waals surface area contributed by atoms with Crippen LogP contribution >= 0.6 is 0 Å². The van der Waals surface area contributed by atoms with E-state index in [4.69, 9.17) is 0 Å². The summed E-state index contributed by atoms with van der Waals surface area (Å²) in [6.45, 7) is 4.55. The van der Waals surface area contributed by atoms with Crippen molar-refractivity contribution in [3.05, 3.63) is 0 Å². The predicted molar refractivity (Wildman–Crippen MR) is 87.1 cm³/mol. The zero-order chi connectivity index (χ0) is 15.0. The number of unbranched alkanes of at least 4 members (excludes halogenated alkanes) is 5. The molecule has 2 atom stereocenters. The van der Waals surface area contributed by atoms with Crippen molar-refractivity contribution in [1.82, 2.24) is 4.90 Å². The molecular weight excluding hydrogens is 246 g/mol. The number of Topliss-reactive ketones (excluding diaryl/α,β-unsaturated/α-hetero) is 1. The molecule has 0 bridgehead atoms. The summed E-state index contributed by atoms with van der Waals surface area (Å²) in [5.41, 5.74) is -0.152. The van der Waals surface area contributed by atoms with Crippen molar-refractivity contribution in [2.75, 3.05) is 14.1 Å². The van der Waals surface area contributed by atoms with Crippen LogP contribution in [0.25, 0.3) is 0 Å². The molecule has 0 radical (unpaired) electrons. The molecule has 0 aromatic carbocycles. The Bertz CT molecular complexity index is 287. The molecule has 2 unspecified atom stereocenters. The van der Waals surface area contributed by atoms with Gasteiger partial charge in [0.25, 0.3) is 0 Å². The van der Waals surface area contributed by atoms with Gasteiger partial charge in [-0.3, -0.25) is 9.69 Å². The summed E-state index contributed by atoms with van der Waals surface area (Å²) in [7, 11) is 4.19. The van der Waals surface area contributed by atoms with Crippen molar-refractivity contribution >= 4 is 5.78 Å². The van der Waals surface area contributed by atoms with Crippen LogP contribution in [0.4, 0.5) is 0 Å². The Morgan fingerprint density at radius 3 is 2.40 bits per heavy atom. The van der Waals surface area contributed by atoms with Crippen LogP contribution in [0.15, 0.2) is 0 Å². The molecule has 1 saturated carbocycles. The maximum absolute atomic E-state index is 12.8. The average molecular weight is 281 g/mol. The number of rotatable bonds is 9. The number of carbonyl (C=O) groups excluding carboxylic acids is 1. The predicted octanol–water partition coefficient (Wildman–Crippen LogP) is 4.82. The molecule has 2 heteroatoms. The number of hydrogen-bond acceptors (Lipinski definition) is 2. The van der Waals surface area contributed by atoms with Gasteiger partial charge in [-0.1, -0.05) is 58.8 Å². The topological polar surface area (TPSA) is 20.3 Å². The van der Waals surface area contributed by atoms with Gasteiger partial charge in [-0.25, -0.2) is 0 Å². The Balaban J connectivity index is 2.41. The van der Waals surface area contributed by atoms with Crippen LogP contribution in [-0.4, -0.2) is 30.3 Å². The lowest BCUT2D eigenvalue weighted by atomic mass is 9.72. The highest BCUT2D eigenvalue weighted by atomic mass is 16.1. The Hall–Kier alpha value is -0.370. The summed E-state index contributed by atoms with van der Waals surface area (Å²) in [6.07, 6.45) is 13.0. The first kappa shape index (κ1) is 17.7. The first-order valence-electron chi connectivity index (χ1n) is 8.73. The molecule has 1 aliphatic carbocycles. The highest BCUT2D eigenvalue weighted by Crippen LogP contribution is 2.37. The fraction of sp³-hybridized carbons (Fsp3) is 0.944. The van der Waals surface area contributed by atoms with E-state index in [1.165, 1.54) is 44.9 Å². The van der Waals surface area contributed by atoms with E-state index in [1.807, 2.05) is 0 Å². The second-order valence-electron chi connectivity index (χ2n) is 7.07. The molecule has 1 rings (SSSR count). The van der Waals surface area contributed by atoms with Crippen LogP contribution in [0, 0.1) is 5.92 Å². The molecule has 0 saturated heterocycles. The van der Waals surface area contributed by atoms with Crippen LogP contribution in [0.5, 0.6) is 0 Å². The normalized spacial score (nSPS) is 26.9. The maximum atomic E-state index is 12.8. The Morgan fingerprint density at radius 1 is 1.15 bits per heavy atom. The Kier molecular flexibility index (Phi) is 7.79. The molecule has 20 heavy (non-hydrogen) atoms. The van der Waals surface area contributed by atoms with Crippen molar-refractivity contribution in [3.8, 4) is 0 Å². The Morgan fingerprint density at radius 2 is 1.80 bits per heavy atom. The molecule has 0 aromatic heterocycles. The van der Waals surface area contributed by atoms with Gasteiger partial charge in [-0.15, -0.1) is 0 Å². The lowest BCUT2D eigenvalue weighted by molar-refractivity contribution is -0.133. The van der Waals surface area contributed by atoms with Crippen LogP contribution in [0.2, 0.25) is 0 Å². The van der Waals surface area contributed by atoms with E-state index in [2.05, 4.69) is 32.8 Å². The number of nitrogens with zero attached hydrogens (tertiary/aromatic N) is 1. The first-order valence-corrected chi connectivity index (χ1v) is 8.73. The third-order valence-electron chi connectivity index (χ3n) is 5.11. The molecule has 1 fully saturated rings.